The zero-order valence-corrected chi connectivity index (χ0v) is 11.3. The van der Waals surface area contributed by atoms with Crippen molar-refractivity contribution >= 4 is 0 Å². The molecule has 0 aliphatic carbocycles. The second kappa shape index (κ2) is 7.50. The Morgan fingerprint density at radius 2 is 2.05 bits per heavy atom. The number of aryl methyl sites for hydroxylation is 1. The summed E-state index contributed by atoms with van der Waals surface area (Å²) in [5.41, 5.74) is 2.10. The lowest BCUT2D eigenvalue weighted by atomic mass is 9.98. The monoisotopic (exact) mass is 275 g/mol. The number of hydrogen-bond acceptors (Lipinski definition) is 2. The highest BCUT2D eigenvalue weighted by atomic mass is 19.4. The molecule has 0 heterocycles. The Balaban J connectivity index is 2.61. The van der Waals surface area contributed by atoms with Gasteiger partial charge >= 0.3 is 6.18 Å². The van der Waals surface area contributed by atoms with Crippen LogP contribution in [0.5, 0.6) is 0 Å². The minimum Gasteiger partial charge on any atom is -0.371 e. The first-order valence-corrected chi connectivity index (χ1v) is 6.34. The van der Waals surface area contributed by atoms with Crippen molar-refractivity contribution < 1.29 is 17.9 Å². The number of ether oxygens (including phenoxy) is 1. The first kappa shape index (κ1) is 16.0. The van der Waals surface area contributed by atoms with Crippen molar-refractivity contribution in [3.05, 3.63) is 35.4 Å². The maximum absolute atomic E-state index is 12.1. The van der Waals surface area contributed by atoms with E-state index in [1.54, 1.807) is 0 Å². The summed E-state index contributed by atoms with van der Waals surface area (Å²) in [7, 11) is 0. The summed E-state index contributed by atoms with van der Waals surface area (Å²) in [6, 6.07) is 7.78. The van der Waals surface area contributed by atoms with E-state index in [9.17, 15) is 13.2 Å². The molecular weight excluding hydrogens is 255 g/mol. The average Bonchev–Trinajstić information content (AvgIpc) is 2.32. The third-order valence-electron chi connectivity index (χ3n) is 2.74. The largest absolute Gasteiger partial charge is 0.411 e. The Hall–Kier alpha value is -1.07. The normalized spacial score (nSPS) is 13.5. The topological polar surface area (TPSA) is 21.3 Å². The summed E-state index contributed by atoms with van der Waals surface area (Å²) >= 11 is 0. The van der Waals surface area contributed by atoms with Gasteiger partial charge in [-0.3, -0.25) is 0 Å². The molecule has 0 radical (unpaired) electrons. The fourth-order valence-corrected chi connectivity index (χ4v) is 1.83. The van der Waals surface area contributed by atoms with E-state index in [0.717, 1.165) is 17.7 Å². The number of halogens is 3. The van der Waals surface area contributed by atoms with Gasteiger partial charge in [0.1, 0.15) is 6.61 Å². The van der Waals surface area contributed by atoms with Crippen LogP contribution >= 0.6 is 0 Å². The van der Waals surface area contributed by atoms with E-state index in [2.05, 4.69) is 5.32 Å². The van der Waals surface area contributed by atoms with Crippen LogP contribution in [0.1, 0.15) is 24.0 Å². The highest BCUT2D eigenvalue weighted by Gasteiger charge is 2.28. The van der Waals surface area contributed by atoms with E-state index in [-0.39, 0.29) is 12.5 Å². The molecule has 0 aromatic heterocycles. The molecule has 19 heavy (non-hydrogen) atoms. The quantitative estimate of drug-likeness (QED) is 0.824. The number of rotatable bonds is 7. The molecule has 5 heteroatoms. The molecule has 1 unspecified atom stereocenters. The van der Waals surface area contributed by atoms with E-state index < -0.39 is 12.8 Å². The van der Waals surface area contributed by atoms with Gasteiger partial charge in [0.2, 0.25) is 0 Å². The maximum Gasteiger partial charge on any atom is 0.411 e. The van der Waals surface area contributed by atoms with Crippen molar-refractivity contribution in [2.75, 3.05) is 26.3 Å². The second-order valence-corrected chi connectivity index (χ2v) is 4.55. The number of alkyl halides is 3. The molecule has 2 nitrogen and oxygen atoms in total. The summed E-state index contributed by atoms with van der Waals surface area (Å²) in [4.78, 5) is 0. The van der Waals surface area contributed by atoms with Crippen molar-refractivity contribution in [2.24, 2.45) is 0 Å². The summed E-state index contributed by atoms with van der Waals surface area (Å²) < 4.78 is 41.0. The number of likely N-dealkylation sites (N-methyl/N-ethyl adjacent to an activating group) is 1. The van der Waals surface area contributed by atoms with Crippen molar-refractivity contribution in [1.29, 1.82) is 0 Å². The number of hydrogen-bond donors (Lipinski definition) is 1. The van der Waals surface area contributed by atoms with Gasteiger partial charge in [-0.05, 0) is 19.0 Å². The van der Waals surface area contributed by atoms with Crippen LogP contribution in [-0.2, 0) is 4.74 Å². The van der Waals surface area contributed by atoms with Crippen molar-refractivity contribution in [2.45, 2.75) is 25.9 Å². The van der Waals surface area contributed by atoms with E-state index in [1.165, 1.54) is 0 Å². The molecule has 0 spiro atoms. The highest BCUT2D eigenvalue weighted by molar-refractivity contribution is 5.25. The van der Waals surface area contributed by atoms with E-state index in [4.69, 9.17) is 4.74 Å². The minimum absolute atomic E-state index is 0.0654. The fraction of sp³-hybridized carbons (Fsp3) is 0.571. The van der Waals surface area contributed by atoms with Gasteiger partial charge in [0.05, 0.1) is 6.61 Å². The lowest BCUT2D eigenvalue weighted by Gasteiger charge is -2.19. The Bertz CT molecular complexity index is 379. The second-order valence-electron chi connectivity index (χ2n) is 4.55. The van der Waals surface area contributed by atoms with Crippen LogP contribution in [0.3, 0.4) is 0 Å². The molecule has 0 aliphatic rings. The van der Waals surface area contributed by atoms with E-state index in [1.807, 2.05) is 38.1 Å². The van der Waals surface area contributed by atoms with Crippen LogP contribution in [0, 0.1) is 6.92 Å². The Labute approximate surface area is 112 Å². The Kier molecular flexibility index (Phi) is 6.31. The van der Waals surface area contributed by atoms with Crippen LogP contribution in [0.15, 0.2) is 24.3 Å². The number of nitrogens with one attached hydrogen (secondary N) is 1. The highest BCUT2D eigenvalue weighted by Crippen LogP contribution is 2.19. The molecule has 1 rings (SSSR count). The summed E-state index contributed by atoms with van der Waals surface area (Å²) in [6.07, 6.45) is -4.27. The summed E-state index contributed by atoms with van der Waals surface area (Å²) in [5.74, 6) is -0.0674. The molecule has 0 saturated heterocycles. The van der Waals surface area contributed by atoms with Crippen molar-refractivity contribution in [1.82, 2.24) is 5.32 Å². The molecule has 1 aromatic carbocycles. The first-order valence-electron chi connectivity index (χ1n) is 6.34. The van der Waals surface area contributed by atoms with Crippen LogP contribution in [0.2, 0.25) is 0 Å². The van der Waals surface area contributed by atoms with E-state index >= 15 is 0 Å². The predicted molar refractivity (Wildman–Crippen MR) is 69.3 cm³/mol. The lowest BCUT2D eigenvalue weighted by molar-refractivity contribution is -0.174. The molecular formula is C14H20F3NO. The van der Waals surface area contributed by atoms with Gasteiger partial charge in [-0.1, -0.05) is 36.8 Å². The summed E-state index contributed by atoms with van der Waals surface area (Å²) in [6.45, 7) is 4.19. The van der Waals surface area contributed by atoms with Gasteiger partial charge in [0.15, 0.2) is 0 Å². The molecule has 0 fully saturated rings. The van der Waals surface area contributed by atoms with Crippen molar-refractivity contribution in [3.63, 3.8) is 0 Å². The minimum atomic E-state index is -4.27. The third-order valence-corrected chi connectivity index (χ3v) is 2.74. The molecule has 1 atom stereocenters. The number of benzene rings is 1. The van der Waals surface area contributed by atoms with Gasteiger partial charge in [-0.2, -0.15) is 13.2 Å². The van der Waals surface area contributed by atoms with Crippen molar-refractivity contribution in [3.8, 4) is 0 Å². The SMILES string of the molecule is CCNCC(COCC(F)(F)F)c1cccc(C)c1. The smallest absolute Gasteiger partial charge is 0.371 e. The predicted octanol–water partition coefficient (Wildman–Crippen LogP) is 3.27. The average molecular weight is 275 g/mol. The molecule has 1 aromatic rings. The zero-order valence-electron chi connectivity index (χ0n) is 11.3. The third kappa shape index (κ3) is 6.59. The molecule has 1 N–H and O–H groups in total. The fourth-order valence-electron chi connectivity index (χ4n) is 1.83. The van der Waals surface area contributed by atoms with Gasteiger partial charge < -0.3 is 10.1 Å². The standard InChI is InChI=1S/C14H20F3NO/c1-3-18-8-13(9-19-10-14(15,16)17)12-6-4-5-11(2)7-12/h4-7,13,18H,3,8-10H2,1-2H3. The zero-order chi connectivity index (χ0) is 14.3. The van der Waals surface area contributed by atoms with Gasteiger partial charge in [0.25, 0.3) is 0 Å². The van der Waals surface area contributed by atoms with Crippen LogP contribution in [-0.4, -0.2) is 32.5 Å². The van der Waals surface area contributed by atoms with Crippen LogP contribution in [0.4, 0.5) is 13.2 Å². The molecule has 0 amide bonds. The van der Waals surface area contributed by atoms with Gasteiger partial charge in [-0.25, -0.2) is 0 Å². The lowest BCUT2D eigenvalue weighted by Crippen LogP contribution is -2.26. The molecule has 108 valence electrons. The van der Waals surface area contributed by atoms with Gasteiger partial charge in [-0.15, -0.1) is 0 Å². The van der Waals surface area contributed by atoms with Crippen LogP contribution in [0.25, 0.3) is 0 Å². The van der Waals surface area contributed by atoms with Gasteiger partial charge in [0, 0.05) is 12.5 Å². The molecule has 0 aliphatic heterocycles. The summed E-state index contributed by atoms with van der Waals surface area (Å²) in [5, 5.41) is 3.15. The van der Waals surface area contributed by atoms with E-state index in [0.29, 0.717) is 6.54 Å². The molecule has 0 bridgehead atoms. The first-order chi connectivity index (χ1) is 8.92. The Morgan fingerprint density at radius 1 is 1.32 bits per heavy atom. The van der Waals surface area contributed by atoms with Crippen LogP contribution < -0.4 is 5.32 Å². The Morgan fingerprint density at radius 3 is 2.63 bits per heavy atom. The maximum atomic E-state index is 12.1. The molecule has 0 saturated carbocycles.